The molecule has 2 aliphatic rings. The molecule has 0 saturated carbocycles. The van der Waals surface area contributed by atoms with Crippen LogP contribution in [0.2, 0.25) is 0 Å². The van der Waals surface area contributed by atoms with Crippen LogP contribution in [0.3, 0.4) is 0 Å². The molecule has 1 unspecified atom stereocenters. The Kier molecular flexibility index (Phi) is 5.07. The summed E-state index contributed by atoms with van der Waals surface area (Å²) in [6.07, 6.45) is 7.18. The maximum atomic E-state index is 10.1. The number of rotatable bonds is 5. The average molecular weight is 226 g/mol. The van der Waals surface area contributed by atoms with Crippen LogP contribution in [0.4, 0.5) is 0 Å². The van der Waals surface area contributed by atoms with Crippen molar-refractivity contribution < 1.29 is 5.11 Å². The van der Waals surface area contributed by atoms with E-state index >= 15 is 0 Å². The molecule has 16 heavy (non-hydrogen) atoms. The first-order valence-electron chi connectivity index (χ1n) is 6.97. The van der Waals surface area contributed by atoms with Crippen LogP contribution in [0.15, 0.2) is 0 Å². The number of nitrogens with one attached hydrogen (secondary N) is 1. The summed E-state index contributed by atoms with van der Waals surface area (Å²) in [6, 6.07) is 0. The van der Waals surface area contributed by atoms with Gasteiger partial charge in [-0.3, -0.25) is 0 Å². The van der Waals surface area contributed by atoms with E-state index in [2.05, 4.69) is 10.2 Å². The largest absolute Gasteiger partial charge is 0.393 e. The highest BCUT2D eigenvalue weighted by atomic mass is 16.3. The summed E-state index contributed by atoms with van der Waals surface area (Å²) in [4.78, 5) is 2.54. The molecule has 2 fully saturated rings. The van der Waals surface area contributed by atoms with Gasteiger partial charge in [-0.2, -0.15) is 0 Å². The Morgan fingerprint density at radius 2 is 1.88 bits per heavy atom. The van der Waals surface area contributed by atoms with Gasteiger partial charge in [0.25, 0.3) is 0 Å². The minimum absolute atomic E-state index is 0.0512. The van der Waals surface area contributed by atoms with Crippen LogP contribution in [0.25, 0.3) is 0 Å². The SMILES string of the molecule is OC(CCCN1CCCC1)C1CCNCC1. The lowest BCUT2D eigenvalue weighted by atomic mass is 9.90. The maximum Gasteiger partial charge on any atom is 0.0569 e. The lowest BCUT2D eigenvalue weighted by Crippen LogP contribution is -2.34. The number of aliphatic hydroxyl groups excluding tert-OH is 1. The van der Waals surface area contributed by atoms with E-state index in [1.807, 2.05) is 0 Å². The fourth-order valence-corrected chi connectivity index (χ4v) is 2.99. The number of aliphatic hydroxyl groups is 1. The molecule has 3 nitrogen and oxygen atoms in total. The fourth-order valence-electron chi connectivity index (χ4n) is 2.99. The van der Waals surface area contributed by atoms with Gasteiger partial charge in [0.1, 0.15) is 0 Å². The molecule has 2 heterocycles. The molecule has 2 N–H and O–H groups in total. The molecule has 0 bridgehead atoms. The second-order valence-corrected chi connectivity index (χ2v) is 5.35. The van der Waals surface area contributed by atoms with Gasteiger partial charge in [0.15, 0.2) is 0 Å². The predicted octanol–water partition coefficient (Wildman–Crippen LogP) is 1.22. The van der Waals surface area contributed by atoms with Gasteiger partial charge in [0.2, 0.25) is 0 Å². The minimum atomic E-state index is -0.0512. The molecule has 0 radical (unpaired) electrons. The summed E-state index contributed by atoms with van der Waals surface area (Å²) in [7, 11) is 0. The van der Waals surface area contributed by atoms with Gasteiger partial charge in [-0.15, -0.1) is 0 Å². The average Bonchev–Trinajstić information content (AvgIpc) is 2.83. The van der Waals surface area contributed by atoms with Gasteiger partial charge in [0.05, 0.1) is 6.10 Å². The zero-order valence-corrected chi connectivity index (χ0v) is 10.3. The molecule has 2 saturated heterocycles. The third-order valence-corrected chi connectivity index (χ3v) is 4.10. The van der Waals surface area contributed by atoms with E-state index in [0.717, 1.165) is 32.4 Å². The van der Waals surface area contributed by atoms with Crippen LogP contribution in [0, 0.1) is 5.92 Å². The van der Waals surface area contributed by atoms with Crippen LogP contribution in [-0.2, 0) is 0 Å². The first-order chi connectivity index (χ1) is 7.86. The Bertz CT molecular complexity index is 186. The first kappa shape index (κ1) is 12.3. The number of nitrogens with zero attached hydrogens (tertiary/aromatic N) is 1. The highest BCUT2D eigenvalue weighted by Gasteiger charge is 2.21. The highest BCUT2D eigenvalue weighted by Crippen LogP contribution is 2.20. The van der Waals surface area contributed by atoms with Crippen molar-refractivity contribution in [3.63, 3.8) is 0 Å². The minimum Gasteiger partial charge on any atom is -0.393 e. The van der Waals surface area contributed by atoms with E-state index in [1.54, 1.807) is 0 Å². The van der Waals surface area contributed by atoms with Gasteiger partial charge in [-0.1, -0.05) is 0 Å². The van der Waals surface area contributed by atoms with Crippen molar-refractivity contribution in [1.82, 2.24) is 10.2 Å². The Morgan fingerprint density at radius 1 is 1.19 bits per heavy atom. The number of piperidine rings is 1. The van der Waals surface area contributed by atoms with Gasteiger partial charge >= 0.3 is 0 Å². The number of likely N-dealkylation sites (tertiary alicyclic amines) is 1. The van der Waals surface area contributed by atoms with Crippen LogP contribution in [0.5, 0.6) is 0 Å². The summed E-state index contributed by atoms with van der Waals surface area (Å²) < 4.78 is 0. The molecule has 0 aliphatic carbocycles. The van der Waals surface area contributed by atoms with Crippen LogP contribution >= 0.6 is 0 Å². The van der Waals surface area contributed by atoms with E-state index in [9.17, 15) is 5.11 Å². The summed E-state index contributed by atoms with van der Waals surface area (Å²) in [6.45, 7) is 5.94. The molecule has 1 atom stereocenters. The molecule has 0 aromatic carbocycles. The molecule has 0 amide bonds. The van der Waals surface area contributed by atoms with E-state index in [0.29, 0.717) is 5.92 Å². The quantitative estimate of drug-likeness (QED) is 0.740. The summed E-state index contributed by atoms with van der Waals surface area (Å²) in [5.74, 6) is 0.555. The van der Waals surface area contributed by atoms with E-state index in [1.165, 1.54) is 38.9 Å². The van der Waals surface area contributed by atoms with E-state index in [4.69, 9.17) is 0 Å². The van der Waals surface area contributed by atoms with Gasteiger partial charge in [-0.25, -0.2) is 0 Å². The van der Waals surface area contributed by atoms with Crippen LogP contribution in [-0.4, -0.2) is 48.8 Å². The van der Waals surface area contributed by atoms with Crippen LogP contribution < -0.4 is 5.32 Å². The smallest absolute Gasteiger partial charge is 0.0569 e. The summed E-state index contributed by atoms with van der Waals surface area (Å²) in [5.41, 5.74) is 0. The highest BCUT2D eigenvalue weighted by molar-refractivity contribution is 4.76. The van der Waals surface area contributed by atoms with E-state index < -0.39 is 0 Å². The fraction of sp³-hybridized carbons (Fsp3) is 1.00. The molecule has 2 rings (SSSR count). The van der Waals surface area contributed by atoms with Crippen molar-refractivity contribution in [3.8, 4) is 0 Å². The third-order valence-electron chi connectivity index (χ3n) is 4.10. The zero-order valence-electron chi connectivity index (χ0n) is 10.3. The molecular weight excluding hydrogens is 200 g/mol. The molecule has 0 aromatic heterocycles. The molecule has 0 aromatic rings. The Labute approximate surface area is 99.2 Å². The van der Waals surface area contributed by atoms with Crippen molar-refractivity contribution in [1.29, 1.82) is 0 Å². The summed E-state index contributed by atoms with van der Waals surface area (Å²) in [5, 5.41) is 13.5. The molecule has 94 valence electrons. The topological polar surface area (TPSA) is 35.5 Å². The van der Waals surface area contributed by atoms with Gasteiger partial charge in [-0.05, 0) is 77.2 Å². The predicted molar refractivity (Wildman–Crippen MR) is 66.5 cm³/mol. The maximum absolute atomic E-state index is 10.1. The van der Waals surface area contributed by atoms with Crippen molar-refractivity contribution in [3.05, 3.63) is 0 Å². The second kappa shape index (κ2) is 6.58. The van der Waals surface area contributed by atoms with Crippen LogP contribution in [0.1, 0.15) is 38.5 Å². The van der Waals surface area contributed by atoms with E-state index in [-0.39, 0.29) is 6.10 Å². The molecule has 0 spiro atoms. The van der Waals surface area contributed by atoms with Crippen molar-refractivity contribution in [2.24, 2.45) is 5.92 Å². The van der Waals surface area contributed by atoms with Crippen molar-refractivity contribution in [2.45, 2.75) is 44.6 Å². The van der Waals surface area contributed by atoms with Gasteiger partial charge in [0, 0.05) is 0 Å². The van der Waals surface area contributed by atoms with Crippen molar-refractivity contribution >= 4 is 0 Å². The monoisotopic (exact) mass is 226 g/mol. The number of hydrogen-bond acceptors (Lipinski definition) is 3. The molecular formula is C13H26N2O. The Balaban J connectivity index is 1.57. The molecule has 2 aliphatic heterocycles. The Hall–Kier alpha value is -0.120. The molecule has 3 heteroatoms. The lowest BCUT2D eigenvalue weighted by molar-refractivity contribution is 0.0766. The first-order valence-corrected chi connectivity index (χ1v) is 6.97. The normalized spacial score (nSPS) is 26.1. The van der Waals surface area contributed by atoms with Gasteiger partial charge < -0.3 is 15.3 Å². The second-order valence-electron chi connectivity index (χ2n) is 5.35. The summed E-state index contributed by atoms with van der Waals surface area (Å²) >= 11 is 0. The number of hydrogen-bond donors (Lipinski definition) is 2. The standard InChI is InChI=1S/C13H26N2O/c16-13(12-5-7-14-8-6-12)4-3-11-15-9-1-2-10-15/h12-14,16H,1-11H2. The van der Waals surface area contributed by atoms with Crippen molar-refractivity contribution in [2.75, 3.05) is 32.7 Å². The zero-order chi connectivity index (χ0) is 11.2. The lowest BCUT2D eigenvalue weighted by Gasteiger charge is -2.27. The Morgan fingerprint density at radius 3 is 2.56 bits per heavy atom. The third kappa shape index (κ3) is 3.72.